The van der Waals surface area contributed by atoms with Crippen molar-refractivity contribution in [3.8, 4) is 11.3 Å². The lowest BCUT2D eigenvalue weighted by molar-refractivity contribution is 0.475. The molecule has 0 radical (unpaired) electrons. The Morgan fingerprint density at radius 2 is 1.86 bits per heavy atom. The van der Waals surface area contributed by atoms with Gasteiger partial charge in [0.1, 0.15) is 5.82 Å². The van der Waals surface area contributed by atoms with Gasteiger partial charge in [-0.25, -0.2) is 4.98 Å². The summed E-state index contributed by atoms with van der Waals surface area (Å²) >= 11 is 0. The van der Waals surface area contributed by atoms with Crippen molar-refractivity contribution < 1.29 is 0 Å². The van der Waals surface area contributed by atoms with Gasteiger partial charge in [0.2, 0.25) is 0 Å². The van der Waals surface area contributed by atoms with Crippen molar-refractivity contribution in [3.05, 3.63) is 60.6 Å². The van der Waals surface area contributed by atoms with E-state index < -0.39 is 0 Å². The average molecular weight is 372 g/mol. The first-order chi connectivity index (χ1) is 13.8. The summed E-state index contributed by atoms with van der Waals surface area (Å²) in [7, 11) is 0. The quantitative estimate of drug-likeness (QED) is 0.546. The van der Waals surface area contributed by atoms with E-state index in [9.17, 15) is 0 Å². The van der Waals surface area contributed by atoms with Crippen molar-refractivity contribution in [2.75, 3.05) is 18.0 Å². The molecule has 1 fully saturated rings. The Bertz CT molecular complexity index is 1080. The zero-order valence-corrected chi connectivity index (χ0v) is 15.6. The number of pyridine rings is 1. The lowest BCUT2D eigenvalue weighted by Gasteiger charge is -2.31. The summed E-state index contributed by atoms with van der Waals surface area (Å²) < 4.78 is 1.88. The van der Waals surface area contributed by atoms with Crippen LogP contribution in [-0.4, -0.2) is 47.9 Å². The van der Waals surface area contributed by atoms with Gasteiger partial charge in [-0.3, -0.25) is 9.97 Å². The number of nitrogens with zero attached hydrogens (tertiary/aromatic N) is 8. The van der Waals surface area contributed by atoms with Gasteiger partial charge in [0, 0.05) is 37.0 Å². The molecular weight excluding hydrogens is 352 g/mol. The molecule has 0 saturated carbocycles. The first kappa shape index (κ1) is 16.7. The highest BCUT2D eigenvalue weighted by molar-refractivity contribution is 5.58. The van der Waals surface area contributed by atoms with Gasteiger partial charge in [0.15, 0.2) is 11.5 Å². The Morgan fingerprint density at radius 3 is 2.61 bits per heavy atom. The van der Waals surface area contributed by atoms with Gasteiger partial charge in [-0.2, -0.15) is 9.61 Å². The fourth-order valence-corrected chi connectivity index (χ4v) is 3.64. The summed E-state index contributed by atoms with van der Waals surface area (Å²) in [5.74, 6) is 2.18. The minimum Gasteiger partial charge on any atom is -0.355 e. The number of anilines is 1. The molecule has 0 amide bonds. The first-order valence-electron chi connectivity index (χ1n) is 9.44. The molecule has 4 aromatic heterocycles. The predicted molar refractivity (Wildman–Crippen MR) is 105 cm³/mol. The van der Waals surface area contributed by atoms with Gasteiger partial charge in [0.25, 0.3) is 0 Å². The maximum absolute atomic E-state index is 4.78. The predicted octanol–water partition coefficient (Wildman–Crippen LogP) is 2.67. The lowest BCUT2D eigenvalue weighted by Crippen LogP contribution is -2.34. The molecular formula is C20H20N8. The van der Waals surface area contributed by atoms with Crippen molar-refractivity contribution >= 4 is 11.5 Å². The van der Waals surface area contributed by atoms with Crippen molar-refractivity contribution in [1.82, 2.24) is 34.8 Å². The van der Waals surface area contributed by atoms with Crippen LogP contribution in [0.3, 0.4) is 0 Å². The molecule has 0 unspecified atom stereocenters. The number of rotatable bonds is 3. The van der Waals surface area contributed by atoms with E-state index in [4.69, 9.17) is 5.10 Å². The molecule has 0 atom stereocenters. The molecule has 0 N–H and O–H groups in total. The van der Waals surface area contributed by atoms with Crippen LogP contribution in [0.5, 0.6) is 0 Å². The van der Waals surface area contributed by atoms with Gasteiger partial charge in [-0.15, -0.1) is 10.2 Å². The molecule has 1 aliphatic heterocycles. The molecule has 140 valence electrons. The normalized spacial score (nSPS) is 15.2. The Morgan fingerprint density at radius 1 is 0.964 bits per heavy atom. The van der Waals surface area contributed by atoms with Crippen LogP contribution in [-0.2, 0) is 0 Å². The van der Waals surface area contributed by atoms with E-state index in [0.29, 0.717) is 5.92 Å². The van der Waals surface area contributed by atoms with Crippen LogP contribution in [0.25, 0.3) is 16.9 Å². The molecule has 0 spiro atoms. The third-order valence-corrected chi connectivity index (χ3v) is 5.20. The molecule has 8 nitrogen and oxygen atoms in total. The third-order valence-electron chi connectivity index (χ3n) is 5.20. The fourth-order valence-electron chi connectivity index (χ4n) is 3.64. The number of aromatic nitrogens is 7. The van der Waals surface area contributed by atoms with Crippen LogP contribution in [0, 0.1) is 6.92 Å². The smallest absolute Gasteiger partial charge is 0.177 e. The second kappa shape index (κ2) is 6.95. The minimum absolute atomic E-state index is 0.321. The van der Waals surface area contributed by atoms with E-state index >= 15 is 0 Å². The molecule has 8 heteroatoms. The largest absolute Gasteiger partial charge is 0.355 e. The summed E-state index contributed by atoms with van der Waals surface area (Å²) in [6.45, 7) is 3.78. The summed E-state index contributed by atoms with van der Waals surface area (Å²) in [5, 5.41) is 13.5. The zero-order chi connectivity index (χ0) is 18.9. The topological polar surface area (TPSA) is 85.0 Å². The Kier molecular flexibility index (Phi) is 4.16. The van der Waals surface area contributed by atoms with E-state index in [0.717, 1.165) is 60.2 Å². The van der Waals surface area contributed by atoms with Crippen LogP contribution >= 0.6 is 0 Å². The Labute approximate surface area is 162 Å². The highest BCUT2D eigenvalue weighted by Gasteiger charge is 2.26. The maximum atomic E-state index is 4.78. The summed E-state index contributed by atoms with van der Waals surface area (Å²) in [4.78, 5) is 15.3. The molecule has 0 bridgehead atoms. The van der Waals surface area contributed by atoms with E-state index in [1.54, 1.807) is 6.20 Å². The van der Waals surface area contributed by atoms with Crippen molar-refractivity contribution in [3.63, 3.8) is 0 Å². The molecule has 1 saturated heterocycles. The standard InChI is InChI=1S/C20H20N8/c1-14-11-23-19(13-22-14)27-9-6-15(7-10-27)20-25-24-18-5-4-17(26-28(18)20)16-3-2-8-21-12-16/h2-5,8,11-13,15H,6-7,9-10H2,1H3. The Hall–Kier alpha value is -3.42. The fraction of sp³-hybridized carbons (Fsp3) is 0.300. The Balaban J connectivity index is 1.39. The van der Waals surface area contributed by atoms with Crippen molar-refractivity contribution in [1.29, 1.82) is 0 Å². The highest BCUT2D eigenvalue weighted by Crippen LogP contribution is 2.29. The summed E-state index contributed by atoms with van der Waals surface area (Å²) in [5.41, 5.74) is 3.56. The second-order valence-corrected chi connectivity index (χ2v) is 7.07. The number of hydrogen-bond donors (Lipinski definition) is 0. The van der Waals surface area contributed by atoms with Crippen LogP contribution in [0.2, 0.25) is 0 Å². The SMILES string of the molecule is Cc1cnc(N2CCC(c3nnc4ccc(-c5cccnc5)nn34)CC2)cn1. The van der Waals surface area contributed by atoms with Crippen LogP contribution in [0.4, 0.5) is 5.82 Å². The second-order valence-electron chi connectivity index (χ2n) is 7.07. The molecule has 0 aliphatic carbocycles. The maximum Gasteiger partial charge on any atom is 0.177 e. The van der Waals surface area contributed by atoms with Gasteiger partial charge in [0.05, 0.1) is 23.8 Å². The van der Waals surface area contributed by atoms with E-state index in [1.165, 1.54) is 0 Å². The average Bonchev–Trinajstić information content (AvgIpc) is 3.18. The first-order valence-corrected chi connectivity index (χ1v) is 9.44. The van der Waals surface area contributed by atoms with Gasteiger partial charge >= 0.3 is 0 Å². The zero-order valence-electron chi connectivity index (χ0n) is 15.6. The molecule has 5 rings (SSSR count). The number of piperidine rings is 1. The number of hydrogen-bond acceptors (Lipinski definition) is 7. The summed E-state index contributed by atoms with van der Waals surface area (Å²) in [6.07, 6.45) is 9.21. The number of fused-ring (bicyclic) bond motifs is 1. The van der Waals surface area contributed by atoms with Gasteiger partial charge < -0.3 is 4.90 Å². The van der Waals surface area contributed by atoms with Gasteiger partial charge in [-0.05, 0) is 44.0 Å². The molecule has 4 aromatic rings. The van der Waals surface area contributed by atoms with Crippen molar-refractivity contribution in [2.24, 2.45) is 0 Å². The van der Waals surface area contributed by atoms with Crippen LogP contribution in [0.1, 0.15) is 30.3 Å². The van der Waals surface area contributed by atoms with Crippen LogP contribution < -0.4 is 4.90 Å². The number of aryl methyl sites for hydroxylation is 1. The molecule has 5 heterocycles. The monoisotopic (exact) mass is 372 g/mol. The molecule has 0 aromatic carbocycles. The molecule has 28 heavy (non-hydrogen) atoms. The van der Waals surface area contributed by atoms with E-state index in [1.807, 2.05) is 54.3 Å². The van der Waals surface area contributed by atoms with Crippen molar-refractivity contribution in [2.45, 2.75) is 25.7 Å². The van der Waals surface area contributed by atoms with E-state index in [2.05, 4.69) is 30.0 Å². The molecule has 1 aliphatic rings. The highest BCUT2D eigenvalue weighted by atomic mass is 15.4. The van der Waals surface area contributed by atoms with Gasteiger partial charge in [-0.1, -0.05) is 0 Å². The third kappa shape index (κ3) is 3.06. The lowest BCUT2D eigenvalue weighted by atomic mass is 9.96. The minimum atomic E-state index is 0.321. The van der Waals surface area contributed by atoms with Crippen LogP contribution in [0.15, 0.2) is 49.1 Å². The summed E-state index contributed by atoms with van der Waals surface area (Å²) in [6, 6.07) is 7.84. The van der Waals surface area contributed by atoms with E-state index in [-0.39, 0.29) is 0 Å².